The maximum absolute atomic E-state index is 4.14. The van der Waals surface area contributed by atoms with E-state index in [4.69, 9.17) is 0 Å². The minimum atomic E-state index is 1.05. The van der Waals surface area contributed by atoms with Crippen molar-refractivity contribution in [3.8, 4) is 0 Å². The molecule has 0 amide bonds. The highest BCUT2D eigenvalue weighted by Crippen LogP contribution is 2.10. The molecule has 0 aromatic carbocycles. The largest absolute Gasteiger partial charge is 0.260 e. The van der Waals surface area contributed by atoms with Gasteiger partial charge in [-0.25, -0.2) is 0 Å². The summed E-state index contributed by atoms with van der Waals surface area (Å²) < 4.78 is 0. The Bertz CT molecular complexity index is 174. The molecule has 0 saturated carbocycles. The third kappa shape index (κ3) is 2.40. The maximum Gasteiger partial charge on any atom is 0.0644 e. The van der Waals surface area contributed by atoms with Gasteiger partial charge in [0, 0.05) is 6.20 Å². The molecule has 0 aliphatic rings. The standard InChI is InChI=1S/C8H10NS/c1-2-10-7-8-5-3-4-6-9-8/h3-7H,2H2,1H3. The fourth-order valence-electron chi connectivity index (χ4n) is 0.614. The van der Waals surface area contributed by atoms with Crippen molar-refractivity contribution in [2.45, 2.75) is 6.92 Å². The summed E-state index contributed by atoms with van der Waals surface area (Å²) in [4.78, 5) is 4.14. The van der Waals surface area contributed by atoms with Gasteiger partial charge in [0.2, 0.25) is 0 Å². The zero-order valence-corrected chi connectivity index (χ0v) is 6.77. The van der Waals surface area contributed by atoms with Crippen LogP contribution in [0.4, 0.5) is 0 Å². The van der Waals surface area contributed by atoms with Crippen LogP contribution in [0.5, 0.6) is 0 Å². The quantitative estimate of drug-likeness (QED) is 0.659. The van der Waals surface area contributed by atoms with E-state index in [1.54, 1.807) is 11.8 Å². The summed E-state index contributed by atoms with van der Waals surface area (Å²) in [6.07, 6.45) is 1.81. The Morgan fingerprint density at radius 2 is 2.50 bits per heavy atom. The van der Waals surface area contributed by atoms with E-state index in [2.05, 4.69) is 17.7 Å². The predicted octanol–water partition coefficient (Wildman–Crippen LogP) is 2.34. The second-order valence-corrected chi connectivity index (χ2v) is 2.97. The maximum atomic E-state index is 4.14. The Morgan fingerprint density at radius 3 is 3.10 bits per heavy atom. The Hall–Kier alpha value is -0.500. The molecule has 1 nitrogen and oxygen atoms in total. The van der Waals surface area contributed by atoms with Crippen LogP contribution in [-0.2, 0) is 0 Å². The first-order valence-electron chi connectivity index (χ1n) is 3.29. The number of pyridine rings is 1. The van der Waals surface area contributed by atoms with Gasteiger partial charge in [-0.1, -0.05) is 13.0 Å². The molecule has 0 unspecified atom stereocenters. The monoisotopic (exact) mass is 152 g/mol. The lowest BCUT2D eigenvalue weighted by molar-refractivity contribution is 1.26. The number of hydrogen-bond acceptors (Lipinski definition) is 2. The average Bonchev–Trinajstić information content (AvgIpc) is 2.03. The molecular formula is C8H10NS. The Kier molecular flexibility index (Phi) is 3.30. The van der Waals surface area contributed by atoms with Crippen molar-refractivity contribution in [2.24, 2.45) is 0 Å². The van der Waals surface area contributed by atoms with Crippen LogP contribution in [0.25, 0.3) is 0 Å². The second kappa shape index (κ2) is 4.34. The van der Waals surface area contributed by atoms with Crippen LogP contribution in [0.3, 0.4) is 0 Å². The topological polar surface area (TPSA) is 12.9 Å². The van der Waals surface area contributed by atoms with Gasteiger partial charge in [-0.15, -0.1) is 0 Å². The smallest absolute Gasteiger partial charge is 0.0644 e. The summed E-state index contributed by atoms with van der Waals surface area (Å²) >= 11 is 1.77. The van der Waals surface area contributed by atoms with E-state index >= 15 is 0 Å². The second-order valence-electron chi connectivity index (χ2n) is 1.83. The van der Waals surface area contributed by atoms with Crippen molar-refractivity contribution >= 4 is 11.8 Å². The third-order valence-electron chi connectivity index (χ3n) is 1.06. The van der Waals surface area contributed by atoms with Gasteiger partial charge < -0.3 is 0 Å². The van der Waals surface area contributed by atoms with Crippen LogP contribution >= 0.6 is 11.8 Å². The Morgan fingerprint density at radius 1 is 1.60 bits per heavy atom. The molecule has 0 aliphatic carbocycles. The molecule has 10 heavy (non-hydrogen) atoms. The number of aromatic nitrogens is 1. The lowest BCUT2D eigenvalue weighted by Crippen LogP contribution is -1.81. The van der Waals surface area contributed by atoms with E-state index in [0.29, 0.717) is 0 Å². The lowest BCUT2D eigenvalue weighted by atomic mass is 10.4. The van der Waals surface area contributed by atoms with Gasteiger partial charge in [0.05, 0.1) is 11.4 Å². The molecule has 0 fully saturated rings. The summed E-state index contributed by atoms with van der Waals surface area (Å²) in [5, 5.41) is 0. The summed E-state index contributed by atoms with van der Waals surface area (Å²) in [6.45, 7) is 2.13. The average molecular weight is 152 g/mol. The minimum Gasteiger partial charge on any atom is -0.260 e. The molecule has 0 spiro atoms. The van der Waals surface area contributed by atoms with Crippen LogP contribution in [0.2, 0.25) is 0 Å². The lowest BCUT2D eigenvalue weighted by Gasteiger charge is -1.94. The molecule has 1 aromatic heterocycles. The Labute approximate surface area is 65.9 Å². The first-order chi connectivity index (χ1) is 4.93. The number of thioether (sulfide) groups is 1. The highest BCUT2D eigenvalue weighted by Gasteiger charge is 1.90. The molecular weight excluding hydrogens is 142 g/mol. The van der Waals surface area contributed by atoms with Gasteiger partial charge in [0.1, 0.15) is 0 Å². The highest BCUT2D eigenvalue weighted by atomic mass is 32.2. The van der Waals surface area contributed by atoms with Gasteiger partial charge in [-0.2, -0.15) is 11.8 Å². The van der Waals surface area contributed by atoms with Gasteiger partial charge in [-0.3, -0.25) is 4.98 Å². The summed E-state index contributed by atoms with van der Waals surface area (Å²) in [5.41, 5.74) is 1.05. The van der Waals surface area contributed by atoms with Crippen molar-refractivity contribution in [1.29, 1.82) is 0 Å². The Balaban J connectivity index is 2.43. The molecule has 53 valence electrons. The molecule has 1 rings (SSSR count). The van der Waals surface area contributed by atoms with E-state index < -0.39 is 0 Å². The van der Waals surface area contributed by atoms with Crippen LogP contribution in [0, 0.1) is 5.75 Å². The normalized spacial score (nSPS) is 9.70. The predicted molar refractivity (Wildman–Crippen MR) is 45.8 cm³/mol. The molecule has 0 aliphatic heterocycles. The van der Waals surface area contributed by atoms with Gasteiger partial charge in [0.15, 0.2) is 0 Å². The van der Waals surface area contributed by atoms with E-state index in [-0.39, 0.29) is 0 Å². The minimum absolute atomic E-state index is 1.05. The SMILES string of the molecule is CCS[CH]c1ccccn1. The van der Waals surface area contributed by atoms with Gasteiger partial charge in [0.25, 0.3) is 0 Å². The van der Waals surface area contributed by atoms with Crippen molar-refractivity contribution in [1.82, 2.24) is 4.98 Å². The molecule has 1 radical (unpaired) electrons. The molecule has 0 saturated heterocycles. The zero-order valence-electron chi connectivity index (χ0n) is 5.95. The number of rotatable bonds is 3. The molecule has 0 bridgehead atoms. The van der Waals surface area contributed by atoms with E-state index in [1.165, 1.54) is 0 Å². The number of nitrogens with zero attached hydrogens (tertiary/aromatic N) is 1. The molecule has 1 aromatic rings. The van der Waals surface area contributed by atoms with Crippen molar-refractivity contribution in [3.05, 3.63) is 35.8 Å². The van der Waals surface area contributed by atoms with E-state index in [9.17, 15) is 0 Å². The van der Waals surface area contributed by atoms with Crippen molar-refractivity contribution < 1.29 is 0 Å². The first kappa shape index (κ1) is 7.61. The van der Waals surface area contributed by atoms with Crippen molar-refractivity contribution in [2.75, 3.05) is 5.75 Å². The van der Waals surface area contributed by atoms with Crippen molar-refractivity contribution in [3.63, 3.8) is 0 Å². The summed E-state index contributed by atoms with van der Waals surface area (Å²) in [6, 6.07) is 5.92. The fourth-order valence-corrected chi connectivity index (χ4v) is 1.09. The summed E-state index contributed by atoms with van der Waals surface area (Å²) in [5.74, 6) is 3.18. The van der Waals surface area contributed by atoms with E-state index in [1.807, 2.05) is 24.4 Å². The number of hydrogen-bond donors (Lipinski definition) is 0. The van der Waals surface area contributed by atoms with Crippen LogP contribution in [0.15, 0.2) is 24.4 Å². The van der Waals surface area contributed by atoms with Gasteiger partial charge >= 0.3 is 0 Å². The van der Waals surface area contributed by atoms with Crippen LogP contribution in [0.1, 0.15) is 12.6 Å². The van der Waals surface area contributed by atoms with Gasteiger partial charge in [-0.05, 0) is 17.9 Å². The van der Waals surface area contributed by atoms with Crippen LogP contribution in [-0.4, -0.2) is 10.7 Å². The fraction of sp³-hybridized carbons (Fsp3) is 0.250. The molecule has 0 atom stereocenters. The molecule has 2 heteroatoms. The molecule has 1 heterocycles. The highest BCUT2D eigenvalue weighted by molar-refractivity contribution is 8.01. The summed E-state index contributed by atoms with van der Waals surface area (Å²) in [7, 11) is 0. The zero-order chi connectivity index (χ0) is 7.23. The third-order valence-corrected chi connectivity index (χ3v) is 1.80. The molecule has 0 N–H and O–H groups in total. The van der Waals surface area contributed by atoms with E-state index in [0.717, 1.165) is 11.4 Å². The van der Waals surface area contributed by atoms with Crippen LogP contribution < -0.4 is 0 Å². The first-order valence-corrected chi connectivity index (χ1v) is 4.34.